The molecule has 3 N–H and O–H groups in total. The molecule has 0 saturated carbocycles. The van der Waals surface area contributed by atoms with Crippen molar-refractivity contribution in [3.8, 4) is 0 Å². The van der Waals surface area contributed by atoms with E-state index in [0.29, 0.717) is 23.1 Å². The first-order valence-electron chi connectivity index (χ1n) is 6.47. The van der Waals surface area contributed by atoms with Crippen molar-refractivity contribution >= 4 is 34.1 Å². The Hall–Kier alpha value is -2.41. The van der Waals surface area contributed by atoms with Gasteiger partial charge in [-0.05, 0) is 31.5 Å². The van der Waals surface area contributed by atoms with E-state index in [4.69, 9.17) is 0 Å². The third-order valence-corrected chi connectivity index (χ3v) is 3.33. The number of hydrogen-bond acceptors (Lipinski definition) is 4. The van der Waals surface area contributed by atoms with Crippen LogP contribution in [0.5, 0.6) is 0 Å². The van der Waals surface area contributed by atoms with Crippen molar-refractivity contribution in [2.24, 2.45) is 0 Å². The Balaban J connectivity index is 1.95. The fourth-order valence-corrected chi connectivity index (χ4v) is 2.35. The number of carbonyl (C=O) groups is 2. The standard InChI is InChI=1S/C14H16N4O2S/c1-3-15-12(19)11-8-21-14(17-11)18-13(20)16-10-6-4-5-9(2)7-10/h4-8H,3H2,1-2H3,(H,15,19)(H2,16,17,18,20). The molecule has 2 aromatic rings. The molecule has 0 saturated heterocycles. The minimum atomic E-state index is -0.391. The van der Waals surface area contributed by atoms with Crippen LogP contribution in [-0.4, -0.2) is 23.5 Å². The van der Waals surface area contributed by atoms with E-state index in [1.54, 1.807) is 11.4 Å². The SMILES string of the molecule is CCNC(=O)c1csc(NC(=O)Nc2cccc(C)c2)n1. The van der Waals surface area contributed by atoms with Crippen molar-refractivity contribution in [1.82, 2.24) is 10.3 Å². The van der Waals surface area contributed by atoms with Gasteiger partial charge in [0.25, 0.3) is 5.91 Å². The fourth-order valence-electron chi connectivity index (χ4n) is 1.67. The molecule has 1 aromatic heterocycles. The summed E-state index contributed by atoms with van der Waals surface area (Å²) in [5.74, 6) is -0.249. The number of thiazole rings is 1. The average molecular weight is 304 g/mol. The van der Waals surface area contributed by atoms with E-state index in [1.165, 1.54) is 11.3 Å². The Kier molecular flexibility index (Phi) is 4.89. The highest BCUT2D eigenvalue weighted by atomic mass is 32.1. The van der Waals surface area contributed by atoms with E-state index >= 15 is 0 Å². The van der Waals surface area contributed by atoms with Crippen LogP contribution in [0.3, 0.4) is 0 Å². The maximum Gasteiger partial charge on any atom is 0.325 e. The molecule has 1 heterocycles. The number of aromatic nitrogens is 1. The smallest absolute Gasteiger partial charge is 0.325 e. The van der Waals surface area contributed by atoms with Crippen LogP contribution in [-0.2, 0) is 0 Å². The third-order valence-electron chi connectivity index (χ3n) is 2.57. The first-order chi connectivity index (χ1) is 10.1. The van der Waals surface area contributed by atoms with E-state index in [1.807, 2.05) is 32.0 Å². The van der Waals surface area contributed by atoms with E-state index < -0.39 is 6.03 Å². The van der Waals surface area contributed by atoms with Crippen LogP contribution < -0.4 is 16.0 Å². The lowest BCUT2D eigenvalue weighted by atomic mass is 10.2. The van der Waals surface area contributed by atoms with Crippen LogP contribution in [0.25, 0.3) is 0 Å². The number of hydrogen-bond donors (Lipinski definition) is 3. The fraction of sp³-hybridized carbons (Fsp3) is 0.214. The van der Waals surface area contributed by atoms with Crippen LogP contribution >= 0.6 is 11.3 Å². The topological polar surface area (TPSA) is 83.1 Å². The normalized spacial score (nSPS) is 10.0. The maximum absolute atomic E-state index is 11.8. The number of nitrogens with one attached hydrogen (secondary N) is 3. The van der Waals surface area contributed by atoms with Gasteiger partial charge in [0.2, 0.25) is 0 Å². The van der Waals surface area contributed by atoms with Crippen molar-refractivity contribution in [2.45, 2.75) is 13.8 Å². The molecule has 0 unspecified atom stereocenters. The van der Waals surface area contributed by atoms with Gasteiger partial charge in [0.1, 0.15) is 5.69 Å². The van der Waals surface area contributed by atoms with Crippen LogP contribution in [0.15, 0.2) is 29.6 Å². The van der Waals surface area contributed by atoms with E-state index in [2.05, 4.69) is 20.9 Å². The Morgan fingerprint density at radius 1 is 1.29 bits per heavy atom. The second kappa shape index (κ2) is 6.85. The molecular weight excluding hydrogens is 288 g/mol. The lowest BCUT2D eigenvalue weighted by molar-refractivity contribution is 0.0951. The van der Waals surface area contributed by atoms with Crippen LogP contribution in [0.1, 0.15) is 23.0 Å². The van der Waals surface area contributed by atoms with Gasteiger partial charge in [0.15, 0.2) is 5.13 Å². The van der Waals surface area contributed by atoms with E-state index in [-0.39, 0.29) is 5.91 Å². The Morgan fingerprint density at radius 2 is 2.10 bits per heavy atom. The predicted octanol–water partition coefficient (Wildman–Crippen LogP) is 2.85. The minimum Gasteiger partial charge on any atom is -0.351 e. The summed E-state index contributed by atoms with van der Waals surface area (Å²) in [4.78, 5) is 27.5. The van der Waals surface area contributed by atoms with Gasteiger partial charge in [-0.25, -0.2) is 9.78 Å². The first kappa shape index (κ1) is 15.0. The number of nitrogens with zero attached hydrogens (tertiary/aromatic N) is 1. The average Bonchev–Trinajstić information content (AvgIpc) is 2.87. The molecule has 0 bridgehead atoms. The van der Waals surface area contributed by atoms with Gasteiger partial charge in [-0.3, -0.25) is 10.1 Å². The zero-order valence-electron chi connectivity index (χ0n) is 11.8. The predicted molar refractivity (Wildman–Crippen MR) is 83.9 cm³/mol. The number of rotatable bonds is 4. The Bertz CT molecular complexity index is 654. The molecule has 2 rings (SSSR count). The number of amides is 3. The highest BCUT2D eigenvalue weighted by molar-refractivity contribution is 7.14. The number of anilines is 2. The quantitative estimate of drug-likeness (QED) is 0.812. The van der Waals surface area contributed by atoms with Crippen LogP contribution in [0.4, 0.5) is 15.6 Å². The van der Waals surface area contributed by atoms with Crippen molar-refractivity contribution in [3.05, 3.63) is 40.9 Å². The largest absolute Gasteiger partial charge is 0.351 e. The van der Waals surface area contributed by atoms with Gasteiger partial charge in [0, 0.05) is 17.6 Å². The summed E-state index contributed by atoms with van der Waals surface area (Å²) in [5.41, 5.74) is 2.06. The van der Waals surface area contributed by atoms with Gasteiger partial charge in [-0.2, -0.15) is 0 Å². The molecule has 0 fully saturated rings. The van der Waals surface area contributed by atoms with Gasteiger partial charge in [-0.15, -0.1) is 11.3 Å². The summed E-state index contributed by atoms with van der Waals surface area (Å²) in [6.45, 7) is 4.31. The van der Waals surface area contributed by atoms with Gasteiger partial charge in [0.05, 0.1) is 0 Å². The van der Waals surface area contributed by atoms with Crippen LogP contribution in [0, 0.1) is 6.92 Å². The van der Waals surface area contributed by atoms with Crippen LogP contribution in [0.2, 0.25) is 0 Å². The molecule has 0 radical (unpaired) electrons. The molecule has 0 aliphatic carbocycles. The third kappa shape index (κ3) is 4.28. The molecule has 0 aliphatic rings. The molecule has 1 aromatic carbocycles. The second-order valence-corrected chi connectivity index (χ2v) is 5.20. The number of carbonyl (C=O) groups excluding carboxylic acids is 2. The molecule has 21 heavy (non-hydrogen) atoms. The zero-order chi connectivity index (χ0) is 15.2. The van der Waals surface area contributed by atoms with Gasteiger partial charge in [-0.1, -0.05) is 12.1 Å². The highest BCUT2D eigenvalue weighted by Crippen LogP contribution is 2.16. The summed E-state index contributed by atoms with van der Waals surface area (Å²) >= 11 is 1.20. The number of benzene rings is 1. The van der Waals surface area contributed by atoms with Crippen molar-refractivity contribution in [1.29, 1.82) is 0 Å². The second-order valence-electron chi connectivity index (χ2n) is 4.35. The molecule has 0 atom stereocenters. The summed E-state index contributed by atoms with van der Waals surface area (Å²) in [6, 6.07) is 7.08. The number of aryl methyl sites for hydroxylation is 1. The first-order valence-corrected chi connectivity index (χ1v) is 7.35. The monoisotopic (exact) mass is 304 g/mol. The highest BCUT2D eigenvalue weighted by Gasteiger charge is 2.11. The molecule has 3 amide bonds. The van der Waals surface area contributed by atoms with E-state index in [9.17, 15) is 9.59 Å². The van der Waals surface area contributed by atoms with Gasteiger partial charge >= 0.3 is 6.03 Å². The lowest BCUT2D eigenvalue weighted by Gasteiger charge is -2.05. The Morgan fingerprint density at radius 3 is 2.81 bits per heavy atom. The summed E-state index contributed by atoms with van der Waals surface area (Å²) in [6.07, 6.45) is 0. The molecule has 0 aliphatic heterocycles. The zero-order valence-corrected chi connectivity index (χ0v) is 12.6. The summed E-state index contributed by atoms with van der Waals surface area (Å²) in [7, 11) is 0. The number of urea groups is 1. The molecule has 6 nitrogen and oxygen atoms in total. The van der Waals surface area contributed by atoms with Crippen molar-refractivity contribution in [3.63, 3.8) is 0 Å². The van der Waals surface area contributed by atoms with Gasteiger partial charge < -0.3 is 10.6 Å². The Labute approximate surface area is 126 Å². The van der Waals surface area contributed by atoms with Crippen molar-refractivity contribution < 1.29 is 9.59 Å². The molecule has 110 valence electrons. The molecular formula is C14H16N4O2S. The lowest BCUT2D eigenvalue weighted by Crippen LogP contribution is -2.23. The van der Waals surface area contributed by atoms with E-state index in [0.717, 1.165) is 5.56 Å². The molecule has 0 spiro atoms. The minimum absolute atomic E-state index is 0.249. The maximum atomic E-state index is 11.8. The summed E-state index contributed by atoms with van der Waals surface area (Å²) in [5, 5.41) is 9.95. The van der Waals surface area contributed by atoms with Crippen molar-refractivity contribution in [2.75, 3.05) is 17.2 Å². The molecule has 7 heteroatoms. The summed E-state index contributed by atoms with van der Waals surface area (Å²) < 4.78 is 0.